The third-order valence-electron chi connectivity index (χ3n) is 2.96. The Hall–Kier alpha value is -1.36. The van der Waals surface area contributed by atoms with Crippen LogP contribution in [0.4, 0.5) is 5.82 Å². The molecule has 0 bridgehead atoms. The van der Waals surface area contributed by atoms with E-state index < -0.39 is 0 Å². The highest BCUT2D eigenvalue weighted by atomic mass is 16.1. The fourth-order valence-electron chi connectivity index (χ4n) is 1.99. The van der Waals surface area contributed by atoms with E-state index in [1.165, 1.54) is 17.4 Å². The predicted octanol–water partition coefficient (Wildman–Crippen LogP) is 0.334. The van der Waals surface area contributed by atoms with E-state index in [1.54, 1.807) is 19.4 Å². The molecule has 1 atom stereocenters. The lowest BCUT2D eigenvalue weighted by atomic mass is 10.1. The van der Waals surface area contributed by atoms with Crippen molar-refractivity contribution in [3.05, 3.63) is 22.7 Å². The van der Waals surface area contributed by atoms with Crippen molar-refractivity contribution in [3.63, 3.8) is 0 Å². The average molecular weight is 222 g/mol. The maximum Gasteiger partial charge on any atom is 0.293 e. The third-order valence-corrected chi connectivity index (χ3v) is 2.96. The van der Waals surface area contributed by atoms with Crippen molar-refractivity contribution in [3.8, 4) is 0 Å². The minimum absolute atomic E-state index is 0.0677. The van der Waals surface area contributed by atoms with Gasteiger partial charge in [0.1, 0.15) is 0 Å². The first-order chi connectivity index (χ1) is 7.77. The van der Waals surface area contributed by atoms with Gasteiger partial charge in [0.05, 0.1) is 0 Å². The molecule has 5 nitrogen and oxygen atoms in total. The normalized spacial score (nSPS) is 19.9. The van der Waals surface area contributed by atoms with Crippen LogP contribution in [0.2, 0.25) is 0 Å². The van der Waals surface area contributed by atoms with E-state index in [1.807, 2.05) is 0 Å². The van der Waals surface area contributed by atoms with Crippen molar-refractivity contribution in [1.82, 2.24) is 14.9 Å². The maximum absolute atomic E-state index is 11.6. The van der Waals surface area contributed by atoms with Crippen molar-refractivity contribution < 1.29 is 0 Å². The van der Waals surface area contributed by atoms with E-state index in [-0.39, 0.29) is 5.56 Å². The molecule has 0 spiro atoms. The predicted molar refractivity (Wildman–Crippen MR) is 63.6 cm³/mol. The molecule has 5 heteroatoms. The Labute approximate surface area is 94.9 Å². The van der Waals surface area contributed by atoms with Crippen molar-refractivity contribution >= 4 is 5.82 Å². The number of rotatable bonds is 4. The first-order valence-corrected chi connectivity index (χ1v) is 5.76. The summed E-state index contributed by atoms with van der Waals surface area (Å²) in [4.78, 5) is 15.7. The molecule has 2 heterocycles. The lowest BCUT2D eigenvalue weighted by molar-refractivity contribution is 0.573. The van der Waals surface area contributed by atoms with Gasteiger partial charge >= 0.3 is 0 Å². The molecule has 1 fully saturated rings. The molecule has 0 radical (unpaired) electrons. The van der Waals surface area contributed by atoms with Gasteiger partial charge in [-0.1, -0.05) is 0 Å². The second-order valence-corrected chi connectivity index (χ2v) is 4.20. The summed E-state index contributed by atoms with van der Waals surface area (Å²) in [5.74, 6) is 0.447. The number of aryl methyl sites for hydroxylation is 1. The second kappa shape index (κ2) is 5.12. The Morgan fingerprint density at radius 2 is 2.56 bits per heavy atom. The highest BCUT2D eigenvalue weighted by Crippen LogP contribution is 2.08. The van der Waals surface area contributed by atoms with Crippen LogP contribution in [0, 0.1) is 0 Å². The van der Waals surface area contributed by atoms with E-state index in [0.29, 0.717) is 11.9 Å². The third kappa shape index (κ3) is 2.61. The van der Waals surface area contributed by atoms with Gasteiger partial charge < -0.3 is 15.2 Å². The Balaban J connectivity index is 1.85. The molecule has 0 aromatic carbocycles. The van der Waals surface area contributed by atoms with Crippen molar-refractivity contribution in [2.45, 2.75) is 25.3 Å². The van der Waals surface area contributed by atoms with Crippen LogP contribution >= 0.6 is 0 Å². The van der Waals surface area contributed by atoms with Crippen LogP contribution in [0.25, 0.3) is 0 Å². The van der Waals surface area contributed by atoms with Crippen LogP contribution in [0.1, 0.15) is 19.3 Å². The summed E-state index contributed by atoms with van der Waals surface area (Å²) in [5.41, 5.74) is -0.0677. The largest absolute Gasteiger partial charge is 0.365 e. The van der Waals surface area contributed by atoms with Gasteiger partial charge in [-0.2, -0.15) is 0 Å². The molecule has 1 unspecified atom stereocenters. The van der Waals surface area contributed by atoms with Gasteiger partial charge in [-0.25, -0.2) is 4.98 Å². The summed E-state index contributed by atoms with van der Waals surface area (Å²) in [6.45, 7) is 1.92. The maximum atomic E-state index is 11.6. The lowest BCUT2D eigenvalue weighted by Crippen LogP contribution is -2.27. The molecule has 1 aromatic rings. The number of aromatic nitrogens is 2. The van der Waals surface area contributed by atoms with Crippen LogP contribution in [-0.4, -0.2) is 28.7 Å². The summed E-state index contributed by atoms with van der Waals surface area (Å²) in [5, 5.41) is 6.52. The van der Waals surface area contributed by atoms with Crippen LogP contribution < -0.4 is 16.2 Å². The number of hydrogen-bond donors (Lipinski definition) is 2. The molecule has 0 aliphatic carbocycles. The highest BCUT2D eigenvalue weighted by molar-refractivity contribution is 5.30. The molecule has 1 saturated heterocycles. The molecule has 1 aliphatic rings. The zero-order chi connectivity index (χ0) is 11.4. The van der Waals surface area contributed by atoms with E-state index in [0.717, 1.165) is 19.5 Å². The van der Waals surface area contributed by atoms with Crippen molar-refractivity contribution in [2.75, 3.05) is 18.4 Å². The van der Waals surface area contributed by atoms with E-state index in [4.69, 9.17) is 0 Å². The molecule has 0 saturated carbocycles. The minimum Gasteiger partial charge on any atom is -0.365 e. The molecule has 1 aromatic heterocycles. The molecule has 16 heavy (non-hydrogen) atoms. The first kappa shape index (κ1) is 11.1. The van der Waals surface area contributed by atoms with Gasteiger partial charge in [0.25, 0.3) is 5.56 Å². The summed E-state index contributed by atoms with van der Waals surface area (Å²) in [6, 6.07) is 0.597. The Bertz CT molecular complexity index is 395. The van der Waals surface area contributed by atoms with Gasteiger partial charge in [-0.05, 0) is 25.8 Å². The summed E-state index contributed by atoms with van der Waals surface area (Å²) in [7, 11) is 1.73. The van der Waals surface area contributed by atoms with Crippen LogP contribution in [0.3, 0.4) is 0 Å². The number of nitrogens with one attached hydrogen (secondary N) is 2. The van der Waals surface area contributed by atoms with Gasteiger partial charge in [0, 0.05) is 32.0 Å². The van der Waals surface area contributed by atoms with Crippen LogP contribution in [0.5, 0.6) is 0 Å². The van der Waals surface area contributed by atoms with Crippen molar-refractivity contribution in [2.24, 2.45) is 7.05 Å². The number of hydrogen-bond acceptors (Lipinski definition) is 4. The molecule has 2 N–H and O–H groups in total. The SMILES string of the molecule is Cn1ccnc(NCCC2CCCN2)c1=O. The Morgan fingerprint density at radius 3 is 3.31 bits per heavy atom. The zero-order valence-corrected chi connectivity index (χ0v) is 9.57. The van der Waals surface area contributed by atoms with Crippen molar-refractivity contribution in [1.29, 1.82) is 0 Å². The monoisotopic (exact) mass is 222 g/mol. The smallest absolute Gasteiger partial charge is 0.293 e. The Morgan fingerprint density at radius 1 is 1.69 bits per heavy atom. The quantitative estimate of drug-likeness (QED) is 0.771. The topological polar surface area (TPSA) is 59.0 Å². The molecular weight excluding hydrogens is 204 g/mol. The van der Waals surface area contributed by atoms with E-state index in [9.17, 15) is 4.79 Å². The zero-order valence-electron chi connectivity index (χ0n) is 9.57. The minimum atomic E-state index is -0.0677. The standard InChI is InChI=1S/C11H18N4O/c1-15-8-7-14-10(11(15)16)13-6-4-9-3-2-5-12-9/h7-9,12H,2-6H2,1H3,(H,13,14). The highest BCUT2D eigenvalue weighted by Gasteiger charge is 2.13. The van der Waals surface area contributed by atoms with Crippen LogP contribution in [0.15, 0.2) is 17.2 Å². The Kier molecular flexibility index (Phi) is 3.56. The fraction of sp³-hybridized carbons (Fsp3) is 0.636. The van der Waals surface area contributed by atoms with Gasteiger partial charge in [0.2, 0.25) is 0 Å². The van der Waals surface area contributed by atoms with Gasteiger partial charge in [-0.3, -0.25) is 4.79 Å². The van der Waals surface area contributed by atoms with E-state index >= 15 is 0 Å². The van der Waals surface area contributed by atoms with E-state index in [2.05, 4.69) is 15.6 Å². The fourth-order valence-corrected chi connectivity index (χ4v) is 1.99. The number of anilines is 1. The molecule has 1 aliphatic heterocycles. The summed E-state index contributed by atoms with van der Waals surface area (Å²) in [6.07, 6.45) is 6.83. The van der Waals surface area contributed by atoms with Gasteiger partial charge in [-0.15, -0.1) is 0 Å². The molecule has 88 valence electrons. The molecule has 0 amide bonds. The molecular formula is C11H18N4O. The second-order valence-electron chi connectivity index (χ2n) is 4.20. The first-order valence-electron chi connectivity index (χ1n) is 5.76. The average Bonchev–Trinajstić information content (AvgIpc) is 2.77. The summed E-state index contributed by atoms with van der Waals surface area (Å²) < 4.78 is 1.53. The van der Waals surface area contributed by atoms with Crippen LogP contribution in [-0.2, 0) is 7.05 Å². The number of nitrogens with zero attached hydrogens (tertiary/aromatic N) is 2. The summed E-state index contributed by atoms with van der Waals surface area (Å²) >= 11 is 0. The lowest BCUT2D eigenvalue weighted by Gasteiger charge is -2.10. The van der Waals surface area contributed by atoms with Gasteiger partial charge in [0.15, 0.2) is 5.82 Å². The molecule has 2 rings (SSSR count).